The molecule has 0 saturated carbocycles. The molecule has 0 saturated heterocycles. The number of nitrogens with zero attached hydrogens (tertiary/aromatic N) is 3. The van der Waals surface area contributed by atoms with Crippen molar-refractivity contribution in [1.29, 1.82) is 0 Å². The predicted molar refractivity (Wildman–Crippen MR) is 46.7 cm³/mol. The molecule has 0 aromatic carbocycles. The molecule has 0 rings (SSSR count). The Kier molecular flexibility index (Phi) is 6.26. The van der Waals surface area contributed by atoms with Crippen molar-refractivity contribution in [2.75, 3.05) is 12.3 Å². The van der Waals surface area contributed by atoms with E-state index in [-0.39, 0.29) is 0 Å². The molecule has 0 bridgehead atoms. The predicted octanol–water partition coefficient (Wildman–Crippen LogP) is 0.789. The van der Waals surface area contributed by atoms with Gasteiger partial charge >= 0.3 is 5.97 Å². The van der Waals surface area contributed by atoms with Crippen molar-refractivity contribution in [2.45, 2.75) is 11.8 Å². The molecule has 0 aromatic rings. The number of carbonyl (C=O) groups is 1. The van der Waals surface area contributed by atoms with Gasteiger partial charge in [0, 0.05) is 4.91 Å². The topological polar surface area (TPSA) is 112 Å². The summed E-state index contributed by atoms with van der Waals surface area (Å²) < 4.78 is 0. The fraction of sp³-hybridized carbons (Fsp3) is 0.800. The molecule has 0 aromatic heterocycles. The van der Waals surface area contributed by atoms with Crippen LogP contribution in [-0.2, 0) is 4.79 Å². The first kappa shape index (κ1) is 11.1. The second-order valence-electron chi connectivity index (χ2n) is 1.91. The highest BCUT2D eigenvalue weighted by Gasteiger charge is 2.14. The molecule has 0 heterocycles. The average Bonchev–Trinajstić information content (AvgIpc) is 2.03. The van der Waals surface area contributed by atoms with Crippen LogP contribution in [0.3, 0.4) is 0 Å². The molecule has 3 N–H and O–H groups in total. The molecule has 1 atom stereocenters. The molecule has 7 heteroatoms. The van der Waals surface area contributed by atoms with Crippen LogP contribution in [0, 0.1) is 0 Å². The third kappa shape index (κ3) is 4.84. The van der Waals surface area contributed by atoms with Crippen LogP contribution in [0.4, 0.5) is 0 Å². The Bertz CT molecular complexity index is 190. The Hall–Kier alpha value is -0.910. The molecule has 6 nitrogen and oxygen atoms in total. The highest BCUT2D eigenvalue weighted by molar-refractivity contribution is 8.00. The minimum atomic E-state index is -1.12. The van der Waals surface area contributed by atoms with Gasteiger partial charge in [-0.1, -0.05) is 5.11 Å². The van der Waals surface area contributed by atoms with Crippen LogP contribution in [-0.4, -0.2) is 28.7 Å². The van der Waals surface area contributed by atoms with E-state index in [2.05, 4.69) is 10.0 Å². The summed E-state index contributed by atoms with van der Waals surface area (Å²) in [5, 5.41) is 10.6. The third-order valence-corrected chi connectivity index (χ3v) is 2.13. The summed E-state index contributed by atoms with van der Waals surface area (Å²) in [5.41, 5.74) is 13.2. The smallest absolute Gasteiger partial charge is 0.322 e. The summed E-state index contributed by atoms with van der Waals surface area (Å²) in [4.78, 5) is 12.8. The van der Waals surface area contributed by atoms with Crippen molar-refractivity contribution in [3.8, 4) is 0 Å². The van der Waals surface area contributed by atoms with Crippen LogP contribution in [0.5, 0.6) is 0 Å². The molecule has 0 aliphatic heterocycles. The first-order valence-corrected chi connectivity index (χ1v) is 4.36. The molecule has 0 aliphatic carbocycles. The molecule has 0 spiro atoms. The van der Waals surface area contributed by atoms with Gasteiger partial charge in [0.05, 0.1) is 0 Å². The maximum absolute atomic E-state index is 10.4. The average molecular weight is 190 g/mol. The molecule has 0 amide bonds. The van der Waals surface area contributed by atoms with Crippen molar-refractivity contribution in [3.63, 3.8) is 0 Å². The van der Waals surface area contributed by atoms with Crippen molar-refractivity contribution in [2.24, 2.45) is 10.8 Å². The highest BCUT2D eigenvalue weighted by atomic mass is 32.2. The van der Waals surface area contributed by atoms with Crippen molar-refractivity contribution >= 4 is 17.7 Å². The molecule has 12 heavy (non-hydrogen) atoms. The highest BCUT2D eigenvalue weighted by Crippen LogP contribution is 2.13. The second-order valence-corrected chi connectivity index (χ2v) is 3.10. The largest absolute Gasteiger partial charge is 0.480 e. The van der Waals surface area contributed by atoms with E-state index in [4.69, 9.17) is 16.4 Å². The van der Waals surface area contributed by atoms with Crippen LogP contribution in [0.1, 0.15) is 6.42 Å². The lowest BCUT2D eigenvalue weighted by Gasteiger charge is -2.03. The fourth-order valence-electron chi connectivity index (χ4n) is 0.479. The maximum atomic E-state index is 10.4. The van der Waals surface area contributed by atoms with Gasteiger partial charge in [-0.05, 0) is 24.2 Å². The van der Waals surface area contributed by atoms with Gasteiger partial charge in [-0.2, -0.15) is 0 Å². The molecule has 0 aliphatic rings. The van der Waals surface area contributed by atoms with E-state index in [0.717, 1.165) is 18.2 Å². The van der Waals surface area contributed by atoms with E-state index in [1.807, 2.05) is 0 Å². The Labute approximate surface area is 73.8 Å². The lowest BCUT2D eigenvalue weighted by molar-refractivity contribution is -0.136. The van der Waals surface area contributed by atoms with Gasteiger partial charge in [0.2, 0.25) is 0 Å². The number of hydrogen-bond donors (Lipinski definition) is 2. The van der Waals surface area contributed by atoms with Gasteiger partial charge in [0.25, 0.3) is 0 Å². The molecule has 68 valence electrons. The van der Waals surface area contributed by atoms with E-state index in [0.29, 0.717) is 12.3 Å². The van der Waals surface area contributed by atoms with E-state index >= 15 is 0 Å². The Balaban J connectivity index is 3.79. The maximum Gasteiger partial charge on any atom is 0.322 e. The zero-order chi connectivity index (χ0) is 9.40. The van der Waals surface area contributed by atoms with Gasteiger partial charge in [-0.25, -0.2) is 0 Å². The van der Waals surface area contributed by atoms with Crippen LogP contribution < -0.4 is 5.73 Å². The van der Waals surface area contributed by atoms with Gasteiger partial charge in [0.1, 0.15) is 0 Å². The van der Waals surface area contributed by atoms with Crippen molar-refractivity contribution in [3.05, 3.63) is 10.4 Å². The minimum Gasteiger partial charge on any atom is -0.480 e. The quantitative estimate of drug-likeness (QED) is 0.279. The number of aliphatic carboxylic acids is 1. The van der Waals surface area contributed by atoms with E-state index in [9.17, 15) is 4.79 Å². The molecular formula is C5H10N4O2S. The number of rotatable bonds is 6. The lowest BCUT2D eigenvalue weighted by Crippen LogP contribution is -2.14. The number of carboxylic acids is 1. The molecule has 0 radical (unpaired) electrons. The zero-order valence-corrected chi connectivity index (χ0v) is 7.20. The summed E-state index contributed by atoms with van der Waals surface area (Å²) in [6.07, 6.45) is 0.718. The SMILES string of the molecule is [N-]=[N+]=N[C@@H](SCCCN)C(=O)O. The number of hydrogen-bond acceptors (Lipinski definition) is 4. The van der Waals surface area contributed by atoms with Crippen LogP contribution >= 0.6 is 11.8 Å². The summed E-state index contributed by atoms with van der Waals surface area (Å²) in [7, 11) is 0. The van der Waals surface area contributed by atoms with Crippen molar-refractivity contribution in [1.82, 2.24) is 0 Å². The zero-order valence-electron chi connectivity index (χ0n) is 6.38. The van der Waals surface area contributed by atoms with Crippen LogP contribution in [0.15, 0.2) is 5.11 Å². The Morgan fingerprint density at radius 1 is 1.83 bits per heavy atom. The number of azide groups is 1. The summed E-state index contributed by atoms with van der Waals surface area (Å²) >= 11 is 1.08. The summed E-state index contributed by atoms with van der Waals surface area (Å²) in [5.74, 6) is -0.526. The van der Waals surface area contributed by atoms with Gasteiger partial charge < -0.3 is 10.8 Å². The molecule has 0 fully saturated rings. The summed E-state index contributed by atoms with van der Waals surface area (Å²) in [6.45, 7) is 0.510. The van der Waals surface area contributed by atoms with Crippen LogP contribution in [0.2, 0.25) is 0 Å². The number of nitrogens with two attached hydrogens (primary N) is 1. The fourth-order valence-corrected chi connectivity index (χ4v) is 1.29. The monoisotopic (exact) mass is 190 g/mol. The number of thioether (sulfide) groups is 1. The molecular weight excluding hydrogens is 180 g/mol. The first-order valence-electron chi connectivity index (χ1n) is 3.31. The summed E-state index contributed by atoms with van der Waals surface area (Å²) in [6, 6.07) is 0. The first-order chi connectivity index (χ1) is 5.72. The van der Waals surface area contributed by atoms with E-state index in [1.54, 1.807) is 0 Å². The van der Waals surface area contributed by atoms with Gasteiger partial charge in [-0.15, -0.1) is 11.8 Å². The Morgan fingerprint density at radius 3 is 2.92 bits per heavy atom. The lowest BCUT2D eigenvalue weighted by atomic mass is 10.5. The number of carboxylic acid groups (broad SMARTS) is 1. The van der Waals surface area contributed by atoms with Crippen LogP contribution in [0.25, 0.3) is 10.4 Å². The Morgan fingerprint density at radius 2 is 2.50 bits per heavy atom. The second kappa shape index (κ2) is 6.78. The van der Waals surface area contributed by atoms with Crippen molar-refractivity contribution < 1.29 is 9.90 Å². The standard InChI is InChI=1S/C5H10N4O2S/c6-2-1-3-12-4(5(10)11)8-9-7/h4H,1-3,6H2,(H,10,11)/t4-/m0/s1. The van der Waals surface area contributed by atoms with Gasteiger partial charge in [-0.3, -0.25) is 4.79 Å². The molecule has 0 unspecified atom stereocenters. The van der Waals surface area contributed by atoms with E-state index < -0.39 is 11.3 Å². The minimum absolute atomic E-state index is 0.510. The normalized spacial score (nSPS) is 11.8. The van der Waals surface area contributed by atoms with Gasteiger partial charge in [0.15, 0.2) is 5.37 Å². The third-order valence-electron chi connectivity index (χ3n) is 0.992. The van der Waals surface area contributed by atoms with E-state index in [1.165, 1.54) is 0 Å².